The maximum atomic E-state index is 12.0. The van der Waals surface area contributed by atoms with Gasteiger partial charge in [0, 0.05) is 12.5 Å². The molecule has 2 aliphatic rings. The first-order chi connectivity index (χ1) is 7.31. The van der Waals surface area contributed by atoms with E-state index >= 15 is 0 Å². The second-order valence-electron chi connectivity index (χ2n) is 4.25. The van der Waals surface area contributed by atoms with Crippen molar-refractivity contribution in [1.82, 2.24) is 4.90 Å². The van der Waals surface area contributed by atoms with Crippen molar-refractivity contribution in [2.75, 3.05) is 19.7 Å². The number of morpholine rings is 1. The number of nitriles is 1. The van der Waals surface area contributed by atoms with E-state index in [1.54, 1.807) is 4.90 Å². The van der Waals surface area contributed by atoms with Gasteiger partial charge >= 0.3 is 0 Å². The summed E-state index contributed by atoms with van der Waals surface area (Å²) in [6.45, 7) is 1.59. The average molecular weight is 208 g/mol. The Morgan fingerprint density at radius 3 is 2.80 bits per heavy atom. The van der Waals surface area contributed by atoms with E-state index < -0.39 is 6.10 Å². The average Bonchev–Trinajstić information content (AvgIpc) is 2.81. The van der Waals surface area contributed by atoms with Gasteiger partial charge in [0.05, 0.1) is 19.2 Å². The molecule has 1 saturated heterocycles. The second kappa shape index (κ2) is 4.63. The molecule has 2 fully saturated rings. The first-order valence-corrected chi connectivity index (χ1v) is 5.61. The van der Waals surface area contributed by atoms with Gasteiger partial charge in [-0.25, -0.2) is 0 Å². The highest BCUT2D eigenvalue weighted by atomic mass is 16.5. The van der Waals surface area contributed by atoms with E-state index in [9.17, 15) is 4.79 Å². The second-order valence-corrected chi connectivity index (χ2v) is 4.25. The van der Waals surface area contributed by atoms with E-state index in [-0.39, 0.29) is 11.8 Å². The summed E-state index contributed by atoms with van der Waals surface area (Å²) in [6.07, 6.45) is 3.95. The Hall–Kier alpha value is -1.08. The molecule has 4 heteroatoms. The molecule has 1 aliphatic heterocycles. The molecule has 1 saturated carbocycles. The van der Waals surface area contributed by atoms with Crippen molar-refractivity contribution in [3.63, 3.8) is 0 Å². The zero-order valence-electron chi connectivity index (χ0n) is 8.82. The lowest BCUT2D eigenvalue weighted by atomic mass is 10.1. The molecular weight excluding hydrogens is 192 g/mol. The largest absolute Gasteiger partial charge is 0.360 e. The van der Waals surface area contributed by atoms with Crippen molar-refractivity contribution in [3.05, 3.63) is 0 Å². The van der Waals surface area contributed by atoms with Crippen molar-refractivity contribution >= 4 is 5.91 Å². The van der Waals surface area contributed by atoms with Crippen LogP contribution in [0.15, 0.2) is 0 Å². The van der Waals surface area contributed by atoms with Crippen LogP contribution in [0.3, 0.4) is 0 Å². The van der Waals surface area contributed by atoms with Crippen LogP contribution in [0.25, 0.3) is 0 Å². The van der Waals surface area contributed by atoms with Gasteiger partial charge in [-0.1, -0.05) is 12.8 Å². The lowest BCUT2D eigenvalue weighted by molar-refractivity contribution is -0.141. The third kappa shape index (κ3) is 2.29. The summed E-state index contributed by atoms with van der Waals surface area (Å²) in [6, 6.07) is 2.06. The number of rotatable bonds is 1. The number of hydrogen-bond donors (Lipinski definition) is 0. The maximum absolute atomic E-state index is 12.0. The van der Waals surface area contributed by atoms with Crippen LogP contribution in [-0.4, -0.2) is 36.6 Å². The standard InChI is InChI=1S/C11H16N2O2/c12-7-10-8-13(5-6-15-10)11(14)9-3-1-2-4-9/h9-10H,1-6,8H2. The van der Waals surface area contributed by atoms with Gasteiger partial charge in [-0.05, 0) is 12.8 Å². The zero-order chi connectivity index (χ0) is 10.7. The molecule has 0 aromatic rings. The molecule has 0 spiro atoms. The third-order valence-corrected chi connectivity index (χ3v) is 3.23. The monoisotopic (exact) mass is 208 g/mol. The number of ether oxygens (including phenoxy) is 1. The minimum atomic E-state index is -0.427. The highest BCUT2D eigenvalue weighted by molar-refractivity contribution is 5.79. The maximum Gasteiger partial charge on any atom is 0.225 e. The van der Waals surface area contributed by atoms with Gasteiger partial charge in [-0.2, -0.15) is 5.26 Å². The molecule has 0 N–H and O–H groups in total. The minimum absolute atomic E-state index is 0.211. The summed E-state index contributed by atoms with van der Waals surface area (Å²) >= 11 is 0. The van der Waals surface area contributed by atoms with E-state index in [1.807, 2.05) is 0 Å². The Morgan fingerprint density at radius 2 is 2.13 bits per heavy atom. The van der Waals surface area contributed by atoms with E-state index in [1.165, 1.54) is 12.8 Å². The first-order valence-electron chi connectivity index (χ1n) is 5.61. The van der Waals surface area contributed by atoms with Crippen molar-refractivity contribution in [1.29, 1.82) is 5.26 Å². The van der Waals surface area contributed by atoms with Gasteiger partial charge in [0.15, 0.2) is 6.10 Å². The number of nitrogens with zero attached hydrogens (tertiary/aromatic N) is 2. The van der Waals surface area contributed by atoms with Crippen LogP contribution < -0.4 is 0 Å². The van der Waals surface area contributed by atoms with Gasteiger partial charge in [0.25, 0.3) is 0 Å². The fourth-order valence-electron chi connectivity index (χ4n) is 2.36. The zero-order valence-corrected chi connectivity index (χ0v) is 8.82. The topological polar surface area (TPSA) is 53.3 Å². The van der Waals surface area contributed by atoms with Crippen LogP contribution in [0.1, 0.15) is 25.7 Å². The lowest BCUT2D eigenvalue weighted by Crippen LogP contribution is -2.47. The van der Waals surface area contributed by atoms with Crippen LogP contribution in [0.5, 0.6) is 0 Å². The summed E-state index contributed by atoms with van der Waals surface area (Å²) in [4.78, 5) is 13.8. The SMILES string of the molecule is N#CC1CN(C(=O)C2CCCC2)CCO1. The van der Waals surface area contributed by atoms with Crippen molar-refractivity contribution in [2.45, 2.75) is 31.8 Å². The first kappa shape index (κ1) is 10.4. The smallest absolute Gasteiger partial charge is 0.225 e. The Labute approximate surface area is 89.8 Å². The molecule has 2 rings (SSSR count). The molecule has 1 amide bonds. The fourth-order valence-corrected chi connectivity index (χ4v) is 2.36. The molecule has 0 aromatic heterocycles. The van der Waals surface area contributed by atoms with E-state index in [0.717, 1.165) is 12.8 Å². The quantitative estimate of drug-likeness (QED) is 0.644. The van der Waals surface area contributed by atoms with Gasteiger partial charge in [-0.3, -0.25) is 4.79 Å². The predicted octanol–water partition coefficient (Wildman–Crippen LogP) is 0.928. The molecule has 1 aliphatic carbocycles. The predicted molar refractivity (Wildman–Crippen MR) is 53.9 cm³/mol. The van der Waals surface area contributed by atoms with Crippen molar-refractivity contribution in [3.8, 4) is 6.07 Å². The van der Waals surface area contributed by atoms with Crippen molar-refractivity contribution < 1.29 is 9.53 Å². The van der Waals surface area contributed by atoms with Gasteiger partial charge in [0.2, 0.25) is 5.91 Å². The molecule has 0 radical (unpaired) electrons. The van der Waals surface area contributed by atoms with Crippen molar-refractivity contribution in [2.24, 2.45) is 5.92 Å². The Bertz CT molecular complexity index is 279. The molecule has 1 heterocycles. The minimum Gasteiger partial charge on any atom is -0.360 e. The molecule has 82 valence electrons. The lowest BCUT2D eigenvalue weighted by Gasteiger charge is -2.31. The van der Waals surface area contributed by atoms with Gasteiger partial charge in [-0.15, -0.1) is 0 Å². The molecule has 4 nitrogen and oxygen atoms in total. The van der Waals surface area contributed by atoms with E-state index in [4.69, 9.17) is 10.00 Å². The molecule has 0 bridgehead atoms. The van der Waals surface area contributed by atoms with Gasteiger partial charge in [0.1, 0.15) is 0 Å². The summed E-state index contributed by atoms with van der Waals surface area (Å²) in [7, 11) is 0. The Balaban J connectivity index is 1.92. The fraction of sp³-hybridized carbons (Fsp3) is 0.818. The molecule has 1 atom stereocenters. The Kier molecular flexibility index (Phi) is 3.22. The van der Waals surface area contributed by atoms with Crippen LogP contribution in [0.4, 0.5) is 0 Å². The highest BCUT2D eigenvalue weighted by Gasteiger charge is 2.30. The van der Waals surface area contributed by atoms with Crippen LogP contribution >= 0.6 is 0 Å². The van der Waals surface area contributed by atoms with Crippen LogP contribution in [0, 0.1) is 17.2 Å². The Morgan fingerprint density at radius 1 is 1.40 bits per heavy atom. The summed E-state index contributed by atoms with van der Waals surface area (Å²) < 4.78 is 5.22. The number of amides is 1. The number of carbonyl (C=O) groups excluding carboxylic acids is 1. The molecule has 1 unspecified atom stereocenters. The molecular formula is C11H16N2O2. The number of carbonyl (C=O) groups is 1. The van der Waals surface area contributed by atoms with E-state index in [2.05, 4.69) is 6.07 Å². The number of hydrogen-bond acceptors (Lipinski definition) is 3. The van der Waals surface area contributed by atoms with Crippen LogP contribution in [0.2, 0.25) is 0 Å². The van der Waals surface area contributed by atoms with Crippen LogP contribution in [-0.2, 0) is 9.53 Å². The molecule has 15 heavy (non-hydrogen) atoms. The highest BCUT2D eigenvalue weighted by Crippen LogP contribution is 2.27. The summed E-state index contributed by atoms with van der Waals surface area (Å²) in [5.41, 5.74) is 0. The normalized spacial score (nSPS) is 27.7. The van der Waals surface area contributed by atoms with E-state index in [0.29, 0.717) is 19.7 Å². The third-order valence-electron chi connectivity index (χ3n) is 3.23. The summed E-state index contributed by atoms with van der Waals surface area (Å²) in [5, 5.41) is 8.74. The summed E-state index contributed by atoms with van der Waals surface area (Å²) in [5.74, 6) is 0.443. The van der Waals surface area contributed by atoms with Gasteiger partial charge < -0.3 is 9.64 Å². The molecule has 0 aromatic carbocycles.